The van der Waals surface area contributed by atoms with Crippen LogP contribution in [0.1, 0.15) is 0 Å². The molecule has 1 nitrogen and oxygen atoms in total. The number of hydrogen-bond donors (Lipinski definition) is 0. The van der Waals surface area contributed by atoms with Gasteiger partial charge in [-0.25, -0.2) is 4.39 Å². The van der Waals surface area contributed by atoms with Crippen LogP contribution < -0.4 is 21.7 Å². The van der Waals surface area contributed by atoms with Gasteiger partial charge in [0.25, 0.3) is 0 Å². The number of para-hydroxylation sites is 1. The molecule has 2 rings (SSSR count). The summed E-state index contributed by atoms with van der Waals surface area (Å²) in [6.07, 6.45) is 0. The molecule has 0 N–H and O–H groups in total. The molecule has 2 aromatic carbocycles. The van der Waals surface area contributed by atoms with Gasteiger partial charge in [0.15, 0.2) is 0 Å². The van der Waals surface area contributed by atoms with Crippen LogP contribution in [0.25, 0.3) is 0 Å². The van der Waals surface area contributed by atoms with Crippen molar-refractivity contribution in [2.75, 3.05) is 0 Å². The molecular formula is C12H8BrFMgO. The third kappa shape index (κ3) is 4.12. The molecule has 78 valence electrons. The molecule has 0 saturated heterocycles. The van der Waals surface area contributed by atoms with E-state index in [1.54, 1.807) is 12.1 Å². The minimum absolute atomic E-state index is 0. The van der Waals surface area contributed by atoms with Gasteiger partial charge < -0.3 is 21.7 Å². The summed E-state index contributed by atoms with van der Waals surface area (Å²) in [4.78, 5) is 0. The molecule has 0 fully saturated rings. The molecular weight excluding hydrogens is 283 g/mol. The molecule has 0 aromatic heterocycles. The Hall–Kier alpha value is -0.584. The summed E-state index contributed by atoms with van der Waals surface area (Å²) in [5, 5.41) is 0. The maximum absolute atomic E-state index is 13.1. The second kappa shape index (κ2) is 7.65. The zero-order valence-corrected chi connectivity index (χ0v) is 11.5. The first-order valence-electron chi connectivity index (χ1n) is 4.25. The van der Waals surface area contributed by atoms with Crippen molar-refractivity contribution in [2.24, 2.45) is 0 Å². The second-order valence-electron chi connectivity index (χ2n) is 2.77. The van der Waals surface area contributed by atoms with E-state index in [-0.39, 0.29) is 51.6 Å². The van der Waals surface area contributed by atoms with E-state index in [2.05, 4.69) is 6.07 Å². The first-order valence-corrected chi connectivity index (χ1v) is 4.25. The van der Waals surface area contributed by atoms with Crippen molar-refractivity contribution < 1.29 is 26.1 Å². The number of ether oxygens (including phenoxy) is 1. The molecule has 0 saturated carbocycles. The molecule has 0 aliphatic rings. The summed E-state index contributed by atoms with van der Waals surface area (Å²) < 4.78 is 18.4. The smallest absolute Gasteiger partial charge is 1.00 e. The Labute approximate surface area is 121 Å². The Morgan fingerprint density at radius 2 is 1.75 bits per heavy atom. The Morgan fingerprint density at radius 1 is 1.06 bits per heavy atom. The van der Waals surface area contributed by atoms with Crippen molar-refractivity contribution >= 4 is 23.1 Å². The normalized spacial score (nSPS) is 8.56. The Bertz CT molecular complexity index is 422. The molecule has 0 amide bonds. The predicted octanol–water partition coefficient (Wildman–Crippen LogP) is 0.0414. The van der Waals surface area contributed by atoms with Crippen molar-refractivity contribution in [3.63, 3.8) is 0 Å². The monoisotopic (exact) mass is 290 g/mol. The van der Waals surface area contributed by atoms with Gasteiger partial charge in [-0.2, -0.15) is 12.1 Å². The first kappa shape index (κ1) is 15.4. The van der Waals surface area contributed by atoms with Crippen molar-refractivity contribution in [1.82, 2.24) is 0 Å². The summed E-state index contributed by atoms with van der Waals surface area (Å²) in [7, 11) is 0. The number of benzene rings is 2. The maximum atomic E-state index is 13.1. The molecule has 0 aliphatic carbocycles. The molecule has 2 aromatic rings. The minimum atomic E-state index is -0.382. The van der Waals surface area contributed by atoms with Gasteiger partial charge in [0.1, 0.15) is 5.75 Å². The molecule has 0 unspecified atom stereocenters. The van der Waals surface area contributed by atoms with Gasteiger partial charge >= 0.3 is 23.1 Å². The third-order valence-electron chi connectivity index (χ3n) is 1.75. The van der Waals surface area contributed by atoms with Gasteiger partial charge in [-0.15, -0.1) is 12.1 Å². The number of rotatable bonds is 2. The van der Waals surface area contributed by atoms with Crippen LogP contribution in [0, 0.1) is 11.9 Å². The van der Waals surface area contributed by atoms with Crippen molar-refractivity contribution in [2.45, 2.75) is 0 Å². The van der Waals surface area contributed by atoms with Crippen LogP contribution in [-0.4, -0.2) is 23.1 Å². The molecule has 0 aliphatic heterocycles. The topological polar surface area (TPSA) is 9.23 Å². The fraction of sp³-hybridized carbons (Fsp3) is 0. The van der Waals surface area contributed by atoms with Crippen LogP contribution in [0.5, 0.6) is 11.5 Å². The van der Waals surface area contributed by atoms with Gasteiger partial charge in [0.05, 0.1) is 5.82 Å². The minimum Gasteiger partial charge on any atom is -1.00 e. The van der Waals surface area contributed by atoms with Crippen molar-refractivity contribution in [1.29, 1.82) is 0 Å². The van der Waals surface area contributed by atoms with E-state index in [1.807, 2.05) is 18.2 Å². The predicted molar refractivity (Wildman–Crippen MR) is 57.5 cm³/mol. The molecule has 0 heterocycles. The average molecular weight is 291 g/mol. The zero-order valence-electron chi connectivity index (χ0n) is 8.49. The van der Waals surface area contributed by atoms with E-state index < -0.39 is 0 Å². The Morgan fingerprint density at radius 3 is 2.38 bits per heavy atom. The largest absolute Gasteiger partial charge is 2.00 e. The van der Waals surface area contributed by atoms with Crippen LogP contribution in [-0.2, 0) is 0 Å². The summed E-state index contributed by atoms with van der Waals surface area (Å²) in [6.45, 7) is 0. The van der Waals surface area contributed by atoms with E-state index in [0.717, 1.165) is 0 Å². The SMILES string of the molecule is Fc1cc[c-]cc1Oc1ccccc1.[Br-].[Mg+2]. The zero-order chi connectivity index (χ0) is 9.80. The number of halogens is 2. The van der Waals surface area contributed by atoms with Crippen LogP contribution >= 0.6 is 0 Å². The third-order valence-corrected chi connectivity index (χ3v) is 1.75. The summed E-state index contributed by atoms with van der Waals surface area (Å²) in [5.41, 5.74) is 0. The van der Waals surface area contributed by atoms with Crippen LogP contribution in [0.15, 0.2) is 48.5 Å². The number of hydrogen-bond acceptors (Lipinski definition) is 1. The molecule has 4 heteroatoms. The van der Waals surface area contributed by atoms with Crippen molar-refractivity contribution in [3.8, 4) is 11.5 Å². The Kier molecular flexibility index (Phi) is 7.37. The molecule has 0 atom stereocenters. The fourth-order valence-electron chi connectivity index (χ4n) is 1.09. The standard InChI is InChI=1S/C12H8FO.BrH.Mg/c13-11-8-4-5-9-12(11)14-10-6-2-1-3-7-10;;/h1-4,6-9H;1H;/q-1;;+2/p-1. The summed E-state index contributed by atoms with van der Waals surface area (Å²) in [5.74, 6) is 0.428. The van der Waals surface area contributed by atoms with Crippen LogP contribution in [0.2, 0.25) is 0 Å². The van der Waals surface area contributed by atoms with Gasteiger partial charge in [-0.05, 0) is 12.1 Å². The molecule has 16 heavy (non-hydrogen) atoms. The Balaban J connectivity index is 0.00000112. The van der Waals surface area contributed by atoms with Crippen LogP contribution in [0.4, 0.5) is 4.39 Å². The molecule has 0 spiro atoms. The van der Waals surface area contributed by atoms with Gasteiger partial charge in [-0.1, -0.05) is 18.2 Å². The fourth-order valence-corrected chi connectivity index (χ4v) is 1.09. The van der Waals surface area contributed by atoms with Gasteiger partial charge in [-0.3, -0.25) is 0 Å². The molecule has 0 radical (unpaired) electrons. The summed E-state index contributed by atoms with van der Waals surface area (Å²) >= 11 is 0. The van der Waals surface area contributed by atoms with Gasteiger partial charge in [0, 0.05) is 5.75 Å². The van der Waals surface area contributed by atoms with E-state index in [0.29, 0.717) is 5.75 Å². The summed E-state index contributed by atoms with van der Waals surface area (Å²) in [6, 6.07) is 16.1. The van der Waals surface area contributed by atoms with E-state index >= 15 is 0 Å². The second-order valence-corrected chi connectivity index (χ2v) is 2.77. The van der Waals surface area contributed by atoms with Crippen LogP contribution in [0.3, 0.4) is 0 Å². The van der Waals surface area contributed by atoms with E-state index in [1.165, 1.54) is 18.2 Å². The molecule has 0 bridgehead atoms. The van der Waals surface area contributed by atoms with E-state index in [4.69, 9.17) is 4.74 Å². The maximum Gasteiger partial charge on any atom is 2.00 e. The first-order chi connectivity index (χ1) is 6.86. The van der Waals surface area contributed by atoms with E-state index in [9.17, 15) is 4.39 Å². The van der Waals surface area contributed by atoms with Crippen molar-refractivity contribution in [3.05, 3.63) is 60.4 Å². The average Bonchev–Trinajstić information content (AvgIpc) is 2.23. The van der Waals surface area contributed by atoms with Gasteiger partial charge in [0.2, 0.25) is 0 Å². The quantitative estimate of drug-likeness (QED) is 0.561.